The quantitative estimate of drug-likeness (QED) is 0.279. The van der Waals surface area contributed by atoms with Crippen LogP contribution < -0.4 is 5.32 Å². The van der Waals surface area contributed by atoms with Gasteiger partial charge >= 0.3 is 0 Å². The van der Waals surface area contributed by atoms with E-state index in [1.54, 1.807) is 42.5 Å². The van der Waals surface area contributed by atoms with E-state index in [9.17, 15) is 14.4 Å². The first kappa shape index (κ1) is 20.6. The molecule has 3 aromatic carbocycles. The van der Waals surface area contributed by atoms with Gasteiger partial charge in [0.25, 0.3) is 5.91 Å². The third kappa shape index (κ3) is 4.57. The third-order valence-corrected chi connectivity index (χ3v) is 5.36. The molecule has 0 bridgehead atoms. The Hall–Kier alpha value is -3.69. The minimum atomic E-state index is -0.494. The summed E-state index contributed by atoms with van der Waals surface area (Å²) < 4.78 is 16.9. The molecule has 0 saturated heterocycles. The summed E-state index contributed by atoms with van der Waals surface area (Å²) in [7, 11) is 0. The molecule has 0 aliphatic heterocycles. The van der Waals surface area contributed by atoms with Crippen LogP contribution in [0, 0.1) is 17.1 Å². The third-order valence-electron chi connectivity index (χ3n) is 4.87. The maximum absolute atomic E-state index is 14.2. The second kappa shape index (κ2) is 8.99. The number of carbonyl (C=O) groups excluding carboxylic acids is 1. The Labute approximate surface area is 187 Å². The van der Waals surface area contributed by atoms with Gasteiger partial charge in [0.2, 0.25) is 0 Å². The lowest BCUT2D eigenvalue weighted by Crippen LogP contribution is -2.13. The number of fused-ring (bicyclic) bond motifs is 1. The average molecular weight is 474 g/mol. The maximum Gasteiger partial charge on any atom is 0.266 e. The number of nitrogens with zero attached hydrogens (tertiary/aromatic N) is 2. The molecule has 0 aliphatic carbocycles. The summed E-state index contributed by atoms with van der Waals surface area (Å²) >= 11 is 3.36. The molecule has 4 nitrogen and oxygen atoms in total. The Kier molecular flexibility index (Phi) is 5.96. The van der Waals surface area contributed by atoms with Gasteiger partial charge in [-0.05, 0) is 36.4 Å². The number of nitriles is 1. The van der Waals surface area contributed by atoms with Crippen LogP contribution in [0.5, 0.6) is 0 Å². The molecule has 1 amide bonds. The van der Waals surface area contributed by atoms with Gasteiger partial charge in [0, 0.05) is 38.4 Å². The molecule has 0 fully saturated rings. The van der Waals surface area contributed by atoms with Gasteiger partial charge in [-0.1, -0.05) is 58.4 Å². The van der Waals surface area contributed by atoms with Crippen molar-refractivity contribution >= 4 is 44.5 Å². The standard InChI is InChI=1S/C25H17BrFN3O/c26-20-7-5-8-21(13-20)29-25(31)18(14-28)12-19-16-30(24-11-4-2-9-22(19)24)15-17-6-1-3-10-23(17)27/h1-13,16H,15H2,(H,29,31)/b18-12-. The van der Waals surface area contributed by atoms with Gasteiger partial charge in [-0.3, -0.25) is 4.79 Å². The molecule has 31 heavy (non-hydrogen) atoms. The van der Waals surface area contributed by atoms with Crippen LogP contribution >= 0.6 is 15.9 Å². The monoisotopic (exact) mass is 473 g/mol. The van der Waals surface area contributed by atoms with Crippen LogP contribution in [0.3, 0.4) is 0 Å². The minimum Gasteiger partial charge on any atom is -0.342 e. The highest BCUT2D eigenvalue weighted by Crippen LogP contribution is 2.25. The van der Waals surface area contributed by atoms with Gasteiger partial charge in [0.1, 0.15) is 17.5 Å². The first-order valence-corrected chi connectivity index (χ1v) is 10.3. The van der Waals surface area contributed by atoms with Crippen LogP contribution in [-0.4, -0.2) is 10.5 Å². The summed E-state index contributed by atoms with van der Waals surface area (Å²) in [6.45, 7) is 0.340. The highest BCUT2D eigenvalue weighted by atomic mass is 79.9. The highest BCUT2D eigenvalue weighted by molar-refractivity contribution is 9.10. The van der Waals surface area contributed by atoms with E-state index in [0.29, 0.717) is 23.4 Å². The Morgan fingerprint density at radius 3 is 2.65 bits per heavy atom. The number of benzene rings is 3. The normalized spacial score (nSPS) is 11.3. The molecule has 152 valence electrons. The van der Waals surface area contributed by atoms with Crippen molar-refractivity contribution in [2.24, 2.45) is 0 Å². The lowest BCUT2D eigenvalue weighted by molar-refractivity contribution is -0.112. The van der Waals surface area contributed by atoms with Gasteiger partial charge in [-0.15, -0.1) is 0 Å². The predicted molar refractivity (Wildman–Crippen MR) is 124 cm³/mol. The highest BCUT2D eigenvalue weighted by Gasteiger charge is 2.14. The molecule has 0 unspecified atom stereocenters. The van der Waals surface area contributed by atoms with Crippen molar-refractivity contribution in [1.82, 2.24) is 4.57 Å². The Bertz CT molecular complexity index is 1350. The van der Waals surface area contributed by atoms with Crippen LogP contribution in [-0.2, 0) is 11.3 Å². The molecule has 0 aliphatic rings. The Balaban J connectivity index is 1.70. The minimum absolute atomic E-state index is 0.0197. The van der Waals surface area contributed by atoms with E-state index in [1.165, 1.54) is 6.07 Å². The molecule has 0 saturated carbocycles. The number of amides is 1. The summed E-state index contributed by atoms with van der Waals surface area (Å²) in [5.41, 5.74) is 2.73. The SMILES string of the molecule is N#C/C(=C/c1cn(Cc2ccccc2F)c2ccccc12)C(=O)Nc1cccc(Br)c1. The number of nitrogens with one attached hydrogen (secondary N) is 1. The van der Waals surface area contributed by atoms with Crippen LogP contribution in [0.4, 0.5) is 10.1 Å². The average Bonchev–Trinajstić information content (AvgIpc) is 3.11. The number of carbonyl (C=O) groups is 1. The molecule has 1 aromatic heterocycles. The summed E-state index contributed by atoms with van der Waals surface area (Å²) in [6, 6.07) is 23.4. The predicted octanol–water partition coefficient (Wildman–Crippen LogP) is 6.14. The largest absolute Gasteiger partial charge is 0.342 e. The summed E-state index contributed by atoms with van der Waals surface area (Å²) in [5, 5.41) is 13.2. The maximum atomic E-state index is 14.2. The van der Waals surface area contributed by atoms with Crippen molar-refractivity contribution in [2.75, 3.05) is 5.32 Å². The zero-order chi connectivity index (χ0) is 21.8. The van der Waals surface area contributed by atoms with E-state index >= 15 is 0 Å². The van der Waals surface area contributed by atoms with Crippen LogP contribution in [0.15, 0.2) is 89.0 Å². The molecule has 0 radical (unpaired) electrons. The fourth-order valence-electron chi connectivity index (χ4n) is 3.40. The van der Waals surface area contributed by atoms with E-state index in [4.69, 9.17) is 0 Å². The topological polar surface area (TPSA) is 57.8 Å². The number of rotatable bonds is 5. The zero-order valence-corrected chi connectivity index (χ0v) is 17.9. The second-order valence-electron chi connectivity index (χ2n) is 6.96. The lowest BCUT2D eigenvalue weighted by atomic mass is 10.1. The molecular formula is C25H17BrFN3O. The summed E-state index contributed by atoms with van der Waals surface area (Å²) in [4.78, 5) is 12.7. The molecule has 4 aromatic rings. The van der Waals surface area contributed by atoms with E-state index in [0.717, 1.165) is 15.4 Å². The van der Waals surface area contributed by atoms with Crippen LogP contribution in [0.1, 0.15) is 11.1 Å². The summed E-state index contributed by atoms with van der Waals surface area (Å²) in [5.74, 6) is -0.768. The number of halogens is 2. The van der Waals surface area contributed by atoms with Gasteiger partial charge in [0.05, 0.1) is 6.54 Å². The summed E-state index contributed by atoms with van der Waals surface area (Å²) in [6.07, 6.45) is 3.40. The van der Waals surface area contributed by atoms with Crippen molar-refractivity contribution in [2.45, 2.75) is 6.54 Å². The molecule has 6 heteroatoms. The Morgan fingerprint density at radius 2 is 1.87 bits per heavy atom. The molecule has 0 spiro atoms. The van der Waals surface area contributed by atoms with E-state index < -0.39 is 5.91 Å². The van der Waals surface area contributed by atoms with Gasteiger partial charge in [-0.2, -0.15) is 5.26 Å². The van der Waals surface area contributed by atoms with Gasteiger partial charge < -0.3 is 9.88 Å². The fraction of sp³-hybridized carbons (Fsp3) is 0.0400. The Morgan fingerprint density at radius 1 is 1.10 bits per heavy atom. The van der Waals surface area contributed by atoms with Crippen molar-refractivity contribution in [3.63, 3.8) is 0 Å². The zero-order valence-electron chi connectivity index (χ0n) is 16.3. The van der Waals surface area contributed by atoms with Gasteiger partial charge in [0.15, 0.2) is 0 Å². The second-order valence-corrected chi connectivity index (χ2v) is 7.87. The molecule has 4 rings (SSSR count). The number of para-hydroxylation sites is 1. The number of hydrogen-bond donors (Lipinski definition) is 1. The van der Waals surface area contributed by atoms with Crippen LogP contribution in [0.2, 0.25) is 0 Å². The molecule has 1 heterocycles. The molecule has 0 atom stereocenters. The van der Waals surface area contributed by atoms with Crippen molar-refractivity contribution in [3.05, 3.63) is 106 Å². The van der Waals surface area contributed by atoms with E-state index in [1.807, 2.05) is 47.2 Å². The fourth-order valence-corrected chi connectivity index (χ4v) is 3.80. The number of aromatic nitrogens is 1. The first-order valence-electron chi connectivity index (χ1n) is 9.55. The number of hydrogen-bond acceptors (Lipinski definition) is 2. The van der Waals surface area contributed by atoms with Crippen molar-refractivity contribution < 1.29 is 9.18 Å². The van der Waals surface area contributed by atoms with Crippen LogP contribution in [0.25, 0.3) is 17.0 Å². The molecular weight excluding hydrogens is 457 g/mol. The molecule has 1 N–H and O–H groups in total. The smallest absolute Gasteiger partial charge is 0.266 e. The lowest BCUT2D eigenvalue weighted by Gasteiger charge is -2.06. The van der Waals surface area contributed by atoms with E-state index in [-0.39, 0.29) is 11.4 Å². The first-order chi connectivity index (χ1) is 15.0. The van der Waals surface area contributed by atoms with E-state index in [2.05, 4.69) is 21.2 Å². The van der Waals surface area contributed by atoms with Crippen molar-refractivity contribution in [1.29, 1.82) is 5.26 Å². The number of anilines is 1. The van der Waals surface area contributed by atoms with Gasteiger partial charge in [-0.25, -0.2) is 4.39 Å². The van der Waals surface area contributed by atoms with Crippen molar-refractivity contribution in [3.8, 4) is 6.07 Å².